The van der Waals surface area contributed by atoms with Gasteiger partial charge in [-0.05, 0) is 37.5 Å². The largest absolute Gasteiger partial charge is 0.494 e. The second kappa shape index (κ2) is 8.64. The maximum atomic E-state index is 13.9. The lowest BCUT2D eigenvalue weighted by molar-refractivity contribution is 0.0655. The summed E-state index contributed by atoms with van der Waals surface area (Å²) in [7, 11) is 1.28. The van der Waals surface area contributed by atoms with E-state index in [0.717, 1.165) is 18.9 Å². The Hall–Kier alpha value is -2.55. The Labute approximate surface area is 160 Å². The van der Waals surface area contributed by atoms with Crippen LogP contribution in [0.4, 0.5) is 13.2 Å². The summed E-state index contributed by atoms with van der Waals surface area (Å²) in [4.78, 5) is 12.6. The number of benzene rings is 1. The van der Waals surface area contributed by atoms with Crippen molar-refractivity contribution in [2.45, 2.75) is 38.3 Å². The van der Waals surface area contributed by atoms with Crippen LogP contribution in [0, 0.1) is 12.7 Å². The molecule has 1 fully saturated rings. The molecule has 3 rings (SSSR count). The van der Waals surface area contributed by atoms with Crippen LogP contribution in [0.25, 0.3) is 0 Å². The number of hydrogen-bond donors (Lipinski definition) is 1. The number of nitrogens with zero attached hydrogens (tertiary/aromatic N) is 2. The molecule has 0 spiro atoms. The van der Waals surface area contributed by atoms with Crippen LogP contribution in [0.15, 0.2) is 24.4 Å². The van der Waals surface area contributed by atoms with E-state index >= 15 is 0 Å². The zero-order valence-corrected chi connectivity index (χ0v) is 15.6. The summed E-state index contributed by atoms with van der Waals surface area (Å²) in [5.74, 6) is -1.52. The molecule has 152 valence electrons. The molecule has 0 bridgehead atoms. The molecule has 1 aliphatic rings. The fourth-order valence-electron chi connectivity index (χ4n) is 3.33. The van der Waals surface area contributed by atoms with Gasteiger partial charge in [0.15, 0.2) is 11.6 Å². The lowest BCUT2D eigenvalue weighted by Gasteiger charge is -2.24. The minimum absolute atomic E-state index is 0.0453. The maximum Gasteiger partial charge on any atom is 0.262 e. The molecule has 6 nitrogen and oxygen atoms in total. The van der Waals surface area contributed by atoms with Crippen LogP contribution in [0.2, 0.25) is 0 Å². The number of rotatable bonds is 6. The van der Waals surface area contributed by atoms with Crippen molar-refractivity contribution in [1.82, 2.24) is 15.1 Å². The van der Waals surface area contributed by atoms with Gasteiger partial charge < -0.3 is 14.8 Å². The molecule has 9 heteroatoms. The summed E-state index contributed by atoms with van der Waals surface area (Å²) >= 11 is 0. The third kappa shape index (κ3) is 4.14. The predicted molar refractivity (Wildman–Crippen MR) is 95.2 cm³/mol. The average Bonchev–Trinajstić information content (AvgIpc) is 3.07. The molecule has 1 saturated heterocycles. The first-order valence-corrected chi connectivity index (χ1v) is 8.96. The molecule has 1 aromatic carbocycles. The molecule has 0 saturated carbocycles. The van der Waals surface area contributed by atoms with Gasteiger partial charge in [0.2, 0.25) is 0 Å². The molecular weight excluding hydrogens is 375 g/mol. The van der Waals surface area contributed by atoms with Crippen LogP contribution < -0.4 is 10.1 Å². The van der Waals surface area contributed by atoms with Gasteiger partial charge in [0, 0.05) is 18.9 Å². The van der Waals surface area contributed by atoms with E-state index in [0.29, 0.717) is 18.9 Å². The second-order valence-electron chi connectivity index (χ2n) is 6.61. The number of nitrogens with one attached hydrogen (secondary N) is 1. The lowest BCUT2D eigenvalue weighted by atomic mass is 10.1. The van der Waals surface area contributed by atoms with Gasteiger partial charge in [0.1, 0.15) is 6.04 Å². The number of halogens is 3. The number of carbonyl (C=O) groups is 1. The number of hydrogen-bond acceptors (Lipinski definition) is 4. The zero-order valence-electron chi connectivity index (χ0n) is 15.6. The monoisotopic (exact) mass is 397 g/mol. The van der Waals surface area contributed by atoms with Gasteiger partial charge in [-0.2, -0.15) is 5.10 Å². The van der Waals surface area contributed by atoms with Gasteiger partial charge in [-0.25, -0.2) is 13.2 Å². The smallest absolute Gasteiger partial charge is 0.262 e. The number of methoxy groups -OCH3 is 1. The Bertz CT molecular complexity index is 835. The van der Waals surface area contributed by atoms with Crippen molar-refractivity contribution in [2.75, 3.05) is 20.3 Å². The van der Waals surface area contributed by atoms with Gasteiger partial charge in [-0.15, -0.1) is 0 Å². The highest BCUT2D eigenvalue weighted by atomic mass is 19.3. The molecule has 1 amide bonds. The van der Waals surface area contributed by atoms with E-state index in [1.807, 2.05) is 0 Å². The molecule has 0 radical (unpaired) electrons. The van der Waals surface area contributed by atoms with Crippen LogP contribution >= 0.6 is 0 Å². The predicted octanol–water partition coefficient (Wildman–Crippen LogP) is 3.43. The first-order valence-electron chi connectivity index (χ1n) is 8.96. The summed E-state index contributed by atoms with van der Waals surface area (Å²) < 4.78 is 52.9. The van der Waals surface area contributed by atoms with Crippen LogP contribution in [0.3, 0.4) is 0 Å². The van der Waals surface area contributed by atoms with E-state index in [-0.39, 0.29) is 22.9 Å². The Morgan fingerprint density at radius 1 is 1.36 bits per heavy atom. The second-order valence-corrected chi connectivity index (χ2v) is 6.61. The highest BCUT2D eigenvalue weighted by Gasteiger charge is 2.28. The third-order valence-corrected chi connectivity index (χ3v) is 4.90. The van der Waals surface area contributed by atoms with Crippen molar-refractivity contribution in [3.05, 3.63) is 47.0 Å². The number of aromatic nitrogens is 2. The van der Waals surface area contributed by atoms with Crippen LogP contribution in [-0.2, 0) is 4.74 Å². The van der Waals surface area contributed by atoms with Crippen LogP contribution in [0.1, 0.15) is 46.5 Å². The van der Waals surface area contributed by atoms with E-state index in [2.05, 4.69) is 10.4 Å². The molecule has 0 aliphatic carbocycles. The molecule has 2 aromatic rings. The topological polar surface area (TPSA) is 65.4 Å². The quantitative estimate of drug-likeness (QED) is 0.811. The van der Waals surface area contributed by atoms with Crippen molar-refractivity contribution < 1.29 is 27.4 Å². The van der Waals surface area contributed by atoms with Gasteiger partial charge in [-0.1, -0.05) is 6.07 Å². The van der Waals surface area contributed by atoms with Crippen molar-refractivity contribution in [1.29, 1.82) is 0 Å². The maximum absolute atomic E-state index is 13.9. The van der Waals surface area contributed by atoms with Crippen molar-refractivity contribution in [3.8, 4) is 5.75 Å². The first-order chi connectivity index (χ1) is 13.4. The van der Waals surface area contributed by atoms with E-state index in [1.54, 1.807) is 11.6 Å². The normalized spacial score (nSPS) is 16.2. The van der Waals surface area contributed by atoms with E-state index in [4.69, 9.17) is 9.47 Å². The molecule has 28 heavy (non-hydrogen) atoms. The average molecular weight is 397 g/mol. The molecule has 1 aliphatic heterocycles. The van der Waals surface area contributed by atoms with Crippen LogP contribution in [-0.4, -0.2) is 42.4 Å². The standard InChI is InChI=1S/C19H22F3N3O3/c1-11-14(10-23-25(11)13-5-7-28-8-6-13)19(26)24-17(18(21)22)12-3-4-16(27-2)15(20)9-12/h3-4,9-10,13,17-18H,5-8H2,1-2H3,(H,24,26)/t17-/m0/s1. The van der Waals surface area contributed by atoms with Crippen LogP contribution in [0.5, 0.6) is 5.75 Å². The zero-order chi connectivity index (χ0) is 20.3. The summed E-state index contributed by atoms with van der Waals surface area (Å²) in [6.45, 7) is 2.95. The molecule has 1 N–H and O–H groups in total. The van der Waals surface area contributed by atoms with Crippen molar-refractivity contribution in [3.63, 3.8) is 0 Å². The van der Waals surface area contributed by atoms with Gasteiger partial charge in [0.25, 0.3) is 12.3 Å². The van der Waals surface area contributed by atoms with E-state index in [9.17, 15) is 18.0 Å². The van der Waals surface area contributed by atoms with E-state index < -0.39 is 24.2 Å². The highest BCUT2D eigenvalue weighted by molar-refractivity contribution is 5.95. The first kappa shape index (κ1) is 20.2. The lowest BCUT2D eigenvalue weighted by Crippen LogP contribution is -2.33. The summed E-state index contributed by atoms with van der Waals surface area (Å²) in [5, 5.41) is 6.55. The molecule has 1 aromatic heterocycles. The van der Waals surface area contributed by atoms with Gasteiger partial charge in [-0.3, -0.25) is 9.48 Å². The fraction of sp³-hybridized carbons (Fsp3) is 0.474. The summed E-state index contributed by atoms with van der Waals surface area (Å²) in [6, 6.07) is 1.95. The summed E-state index contributed by atoms with van der Waals surface area (Å²) in [5.41, 5.74) is 0.764. The molecule has 0 unspecified atom stereocenters. The number of ether oxygens (including phenoxy) is 2. The number of alkyl halides is 2. The molecule has 1 atom stereocenters. The minimum atomic E-state index is -2.91. The van der Waals surface area contributed by atoms with E-state index in [1.165, 1.54) is 25.4 Å². The Kier molecular flexibility index (Phi) is 6.23. The highest BCUT2D eigenvalue weighted by Crippen LogP contribution is 2.27. The minimum Gasteiger partial charge on any atom is -0.494 e. The van der Waals surface area contributed by atoms with Crippen molar-refractivity contribution >= 4 is 5.91 Å². The Balaban J connectivity index is 1.79. The molecule has 2 heterocycles. The van der Waals surface area contributed by atoms with Gasteiger partial charge >= 0.3 is 0 Å². The van der Waals surface area contributed by atoms with Gasteiger partial charge in [0.05, 0.1) is 24.9 Å². The number of amides is 1. The number of carbonyl (C=O) groups excluding carboxylic acids is 1. The Morgan fingerprint density at radius 2 is 2.07 bits per heavy atom. The fourth-order valence-corrected chi connectivity index (χ4v) is 3.33. The third-order valence-electron chi connectivity index (χ3n) is 4.90. The molecular formula is C19H22F3N3O3. The van der Waals surface area contributed by atoms with Crippen molar-refractivity contribution in [2.24, 2.45) is 0 Å². The summed E-state index contributed by atoms with van der Waals surface area (Å²) in [6.07, 6.45) is 0.00239. The Morgan fingerprint density at radius 3 is 2.68 bits per heavy atom. The SMILES string of the molecule is COc1ccc([C@H](NC(=O)c2cnn(C3CCOCC3)c2C)C(F)F)cc1F.